The topological polar surface area (TPSA) is 56.7 Å². The number of nitrogens with zero attached hydrogens (tertiary/aromatic N) is 2. The van der Waals surface area contributed by atoms with E-state index >= 15 is 0 Å². The van der Waals surface area contributed by atoms with Crippen molar-refractivity contribution in [3.05, 3.63) is 35.9 Å². The highest BCUT2D eigenvalue weighted by atomic mass is 127. The minimum atomic E-state index is -4.17. The van der Waals surface area contributed by atoms with Crippen LogP contribution in [0.25, 0.3) is 0 Å². The Morgan fingerprint density at radius 3 is 2.68 bits per heavy atom. The molecule has 160 valence electrons. The number of alkyl halides is 3. The zero-order valence-electron chi connectivity index (χ0n) is 15.9. The monoisotopic (exact) mass is 532 g/mol. The molecular weight excluding hydrogens is 504 g/mol. The van der Waals surface area contributed by atoms with Gasteiger partial charge in [0.1, 0.15) is 0 Å². The highest BCUT2D eigenvalue weighted by molar-refractivity contribution is 14.0. The lowest BCUT2D eigenvalue weighted by atomic mass is 10.2. The summed E-state index contributed by atoms with van der Waals surface area (Å²) >= 11 is 0. The largest absolute Gasteiger partial charge is 0.401 e. The summed E-state index contributed by atoms with van der Waals surface area (Å²) in [7, 11) is -1.01. The van der Waals surface area contributed by atoms with Gasteiger partial charge in [0.15, 0.2) is 5.96 Å². The minimum absolute atomic E-state index is 0. The van der Waals surface area contributed by atoms with Crippen molar-refractivity contribution in [2.45, 2.75) is 31.3 Å². The van der Waals surface area contributed by atoms with Crippen LogP contribution in [0.4, 0.5) is 13.2 Å². The number of aliphatic imine (C=N–C) groups is 1. The summed E-state index contributed by atoms with van der Waals surface area (Å²) in [5.41, 5.74) is 1.03. The molecule has 0 amide bonds. The molecule has 1 saturated heterocycles. The van der Waals surface area contributed by atoms with Crippen LogP contribution in [-0.2, 0) is 16.6 Å². The maximum absolute atomic E-state index is 12.5. The summed E-state index contributed by atoms with van der Waals surface area (Å²) in [4.78, 5) is 5.82. The Hall–Kier alpha value is -0.880. The van der Waals surface area contributed by atoms with Crippen LogP contribution in [-0.4, -0.2) is 65.8 Å². The van der Waals surface area contributed by atoms with Gasteiger partial charge in [-0.3, -0.25) is 14.1 Å². The predicted molar refractivity (Wildman–Crippen MR) is 119 cm³/mol. The molecule has 0 aliphatic carbocycles. The number of likely N-dealkylation sites (tertiary alicyclic amines) is 1. The van der Waals surface area contributed by atoms with E-state index in [9.17, 15) is 17.4 Å². The molecule has 10 heteroatoms. The molecule has 1 aromatic carbocycles. The molecule has 1 aliphatic heterocycles. The molecule has 1 fully saturated rings. The Morgan fingerprint density at radius 2 is 2.04 bits per heavy atom. The Morgan fingerprint density at radius 1 is 1.32 bits per heavy atom. The first-order chi connectivity index (χ1) is 12.9. The van der Waals surface area contributed by atoms with Crippen molar-refractivity contribution in [3.63, 3.8) is 0 Å². The normalized spacial score (nSPS) is 19.1. The van der Waals surface area contributed by atoms with Crippen LogP contribution >= 0.6 is 24.0 Å². The molecule has 0 bridgehead atoms. The van der Waals surface area contributed by atoms with E-state index in [0.29, 0.717) is 50.1 Å². The molecule has 1 heterocycles. The number of halogens is 4. The van der Waals surface area contributed by atoms with E-state index in [-0.39, 0.29) is 30.0 Å². The molecule has 2 unspecified atom stereocenters. The highest BCUT2D eigenvalue weighted by Gasteiger charge is 2.34. The van der Waals surface area contributed by atoms with Gasteiger partial charge in [-0.25, -0.2) is 0 Å². The summed E-state index contributed by atoms with van der Waals surface area (Å²) in [6.07, 6.45) is -3.53. The first kappa shape index (κ1) is 25.2. The zero-order valence-corrected chi connectivity index (χ0v) is 19.0. The van der Waals surface area contributed by atoms with Crippen molar-refractivity contribution < 1.29 is 17.4 Å². The zero-order chi connectivity index (χ0) is 19.7. The Kier molecular flexibility index (Phi) is 11.4. The summed E-state index contributed by atoms with van der Waals surface area (Å²) in [6.45, 7) is 2.85. The lowest BCUT2D eigenvalue weighted by molar-refractivity contribution is -0.143. The number of hydrogen-bond donors (Lipinski definition) is 2. The maximum Gasteiger partial charge on any atom is 0.401 e. The van der Waals surface area contributed by atoms with Crippen molar-refractivity contribution >= 4 is 40.7 Å². The fourth-order valence-corrected chi connectivity index (χ4v) is 3.96. The Labute approximate surface area is 184 Å². The fraction of sp³-hybridized carbons (Fsp3) is 0.611. The smallest absolute Gasteiger partial charge is 0.357 e. The van der Waals surface area contributed by atoms with E-state index in [1.165, 1.54) is 4.90 Å². The molecule has 0 spiro atoms. The van der Waals surface area contributed by atoms with Gasteiger partial charge in [-0.05, 0) is 18.9 Å². The average Bonchev–Trinajstić information content (AvgIpc) is 3.01. The van der Waals surface area contributed by atoms with E-state index in [0.717, 1.165) is 5.56 Å². The SMILES string of the molecule is CCNC(=NCCS(=O)Cc1ccccc1)NC1CCN(CC(F)(F)F)C1.I. The molecule has 0 radical (unpaired) electrons. The van der Waals surface area contributed by atoms with Crippen LogP contribution < -0.4 is 10.6 Å². The van der Waals surface area contributed by atoms with E-state index in [4.69, 9.17) is 0 Å². The second-order valence-electron chi connectivity index (χ2n) is 6.51. The number of rotatable bonds is 8. The quantitative estimate of drug-likeness (QED) is 0.307. The highest BCUT2D eigenvalue weighted by Crippen LogP contribution is 2.19. The molecule has 1 aromatic rings. The van der Waals surface area contributed by atoms with Gasteiger partial charge in [-0.2, -0.15) is 13.2 Å². The first-order valence-corrected chi connectivity index (χ1v) is 10.6. The molecule has 2 rings (SSSR count). The van der Waals surface area contributed by atoms with E-state index in [1.807, 2.05) is 37.3 Å². The fourth-order valence-electron chi connectivity index (χ4n) is 2.95. The third-order valence-corrected chi connectivity index (χ3v) is 5.41. The average molecular weight is 532 g/mol. The lowest BCUT2D eigenvalue weighted by Gasteiger charge is -2.19. The summed E-state index contributed by atoms with van der Waals surface area (Å²) in [6, 6.07) is 9.58. The number of guanidine groups is 1. The molecular formula is C18H28F3IN4OS. The van der Waals surface area contributed by atoms with Gasteiger partial charge in [0.05, 0.1) is 13.1 Å². The second-order valence-corrected chi connectivity index (χ2v) is 8.09. The molecule has 2 atom stereocenters. The predicted octanol–water partition coefficient (Wildman–Crippen LogP) is 2.75. The first-order valence-electron chi connectivity index (χ1n) is 9.08. The van der Waals surface area contributed by atoms with Crippen molar-refractivity contribution in [2.24, 2.45) is 4.99 Å². The van der Waals surface area contributed by atoms with Gasteiger partial charge in [-0.15, -0.1) is 24.0 Å². The van der Waals surface area contributed by atoms with Crippen LogP contribution in [0.3, 0.4) is 0 Å². The minimum Gasteiger partial charge on any atom is -0.357 e. The molecule has 28 heavy (non-hydrogen) atoms. The standard InChI is InChI=1S/C18H27F3N4OS.HI/c1-2-22-17(24-16-8-10-25(12-16)14-18(19,20)21)23-9-11-27(26)13-15-6-4-3-5-7-15;/h3-7,16H,2,8-14H2,1H3,(H2,22,23,24);1H. The van der Waals surface area contributed by atoms with Crippen molar-refractivity contribution in [1.82, 2.24) is 15.5 Å². The van der Waals surface area contributed by atoms with Gasteiger partial charge in [0, 0.05) is 48.0 Å². The second kappa shape index (κ2) is 12.6. The van der Waals surface area contributed by atoms with Crippen LogP contribution in [0.5, 0.6) is 0 Å². The number of hydrogen-bond acceptors (Lipinski definition) is 3. The molecule has 0 aromatic heterocycles. The van der Waals surface area contributed by atoms with Gasteiger partial charge < -0.3 is 10.6 Å². The summed E-state index contributed by atoms with van der Waals surface area (Å²) in [5.74, 6) is 1.50. The van der Waals surface area contributed by atoms with Gasteiger partial charge in [0.2, 0.25) is 0 Å². The van der Waals surface area contributed by atoms with Crippen molar-refractivity contribution in [3.8, 4) is 0 Å². The van der Waals surface area contributed by atoms with Gasteiger partial charge in [-0.1, -0.05) is 30.3 Å². The molecule has 1 aliphatic rings. The van der Waals surface area contributed by atoms with Gasteiger partial charge >= 0.3 is 6.18 Å². The maximum atomic E-state index is 12.5. The van der Waals surface area contributed by atoms with Gasteiger partial charge in [0.25, 0.3) is 0 Å². The van der Waals surface area contributed by atoms with Crippen LogP contribution in [0.15, 0.2) is 35.3 Å². The number of benzene rings is 1. The third kappa shape index (κ3) is 10.1. The number of nitrogens with one attached hydrogen (secondary N) is 2. The molecule has 0 saturated carbocycles. The Balaban J connectivity index is 0.00000392. The van der Waals surface area contributed by atoms with Crippen molar-refractivity contribution in [2.75, 3.05) is 38.5 Å². The van der Waals surface area contributed by atoms with Crippen LogP contribution in [0.2, 0.25) is 0 Å². The summed E-state index contributed by atoms with van der Waals surface area (Å²) in [5, 5.41) is 6.28. The summed E-state index contributed by atoms with van der Waals surface area (Å²) < 4.78 is 49.6. The molecule has 5 nitrogen and oxygen atoms in total. The van der Waals surface area contributed by atoms with E-state index in [1.54, 1.807) is 0 Å². The van der Waals surface area contributed by atoms with Crippen LogP contribution in [0, 0.1) is 0 Å². The van der Waals surface area contributed by atoms with Crippen LogP contribution in [0.1, 0.15) is 18.9 Å². The third-order valence-electron chi connectivity index (χ3n) is 4.12. The van der Waals surface area contributed by atoms with Crippen molar-refractivity contribution in [1.29, 1.82) is 0 Å². The lowest BCUT2D eigenvalue weighted by Crippen LogP contribution is -2.45. The molecule has 2 N–H and O–H groups in total. The van der Waals surface area contributed by atoms with E-state index in [2.05, 4.69) is 15.6 Å². The Bertz CT molecular complexity index is 631. The van der Waals surface area contributed by atoms with E-state index < -0.39 is 23.5 Å².